The lowest BCUT2D eigenvalue weighted by molar-refractivity contribution is -0.384. The summed E-state index contributed by atoms with van der Waals surface area (Å²) in [6.45, 7) is 1.04. The van der Waals surface area contributed by atoms with Crippen LogP contribution in [0.4, 0.5) is 11.4 Å². The molecule has 1 aromatic carbocycles. The van der Waals surface area contributed by atoms with E-state index in [0.29, 0.717) is 24.5 Å². The van der Waals surface area contributed by atoms with Crippen molar-refractivity contribution in [2.24, 2.45) is 0 Å². The number of rotatable bonds is 6. The summed E-state index contributed by atoms with van der Waals surface area (Å²) in [4.78, 5) is 24.3. The Labute approximate surface area is 137 Å². The van der Waals surface area contributed by atoms with Gasteiger partial charge in [0.05, 0.1) is 29.1 Å². The lowest BCUT2D eigenvalue weighted by Crippen LogP contribution is -2.28. The lowest BCUT2D eigenvalue weighted by Gasteiger charge is -2.19. The predicted molar refractivity (Wildman–Crippen MR) is 86.6 cm³/mol. The standard InChI is InChI=1S/C14H15ClN4O4/c1-17(7-8-23-2)12-9-16-18(14(20)13(12)15)10-3-5-11(6-4-10)19(21)22/h3-6,9H,7-8H2,1-2H3. The summed E-state index contributed by atoms with van der Waals surface area (Å²) in [7, 11) is 3.36. The fourth-order valence-electron chi connectivity index (χ4n) is 1.94. The summed E-state index contributed by atoms with van der Waals surface area (Å²) in [5.41, 5.74) is 0.326. The Morgan fingerprint density at radius 3 is 2.61 bits per heavy atom. The molecule has 1 heterocycles. The van der Waals surface area contributed by atoms with E-state index in [2.05, 4.69) is 5.10 Å². The molecule has 9 heteroatoms. The third-order valence-corrected chi connectivity index (χ3v) is 3.60. The van der Waals surface area contributed by atoms with Crippen molar-refractivity contribution in [3.63, 3.8) is 0 Å². The maximum absolute atomic E-state index is 12.4. The maximum atomic E-state index is 12.4. The zero-order chi connectivity index (χ0) is 17.0. The molecule has 122 valence electrons. The fourth-order valence-corrected chi connectivity index (χ4v) is 2.21. The van der Waals surface area contributed by atoms with Crippen molar-refractivity contribution in [1.29, 1.82) is 0 Å². The molecule has 23 heavy (non-hydrogen) atoms. The topological polar surface area (TPSA) is 90.5 Å². The van der Waals surface area contributed by atoms with E-state index in [1.807, 2.05) is 0 Å². The van der Waals surface area contributed by atoms with Gasteiger partial charge in [-0.15, -0.1) is 0 Å². The number of nitro benzene ring substituents is 1. The molecule has 0 saturated heterocycles. The van der Waals surface area contributed by atoms with Crippen LogP contribution in [0.2, 0.25) is 5.02 Å². The van der Waals surface area contributed by atoms with Crippen LogP contribution in [0.25, 0.3) is 5.69 Å². The van der Waals surface area contributed by atoms with Gasteiger partial charge in [-0.2, -0.15) is 9.78 Å². The molecule has 0 bridgehead atoms. The smallest absolute Gasteiger partial charge is 0.292 e. The first-order valence-electron chi connectivity index (χ1n) is 6.68. The number of halogens is 1. The van der Waals surface area contributed by atoms with Gasteiger partial charge in [-0.25, -0.2) is 0 Å². The van der Waals surface area contributed by atoms with Crippen molar-refractivity contribution in [2.75, 3.05) is 32.2 Å². The Bertz CT molecular complexity index is 760. The molecular weight excluding hydrogens is 324 g/mol. The van der Waals surface area contributed by atoms with Gasteiger partial charge in [0.1, 0.15) is 5.02 Å². The van der Waals surface area contributed by atoms with E-state index in [9.17, 15) is 14.9 Å². The number of aromatic nitrogens is 2. The van der Waals surface area contributed by atoms with Crippen LogP contribution in [0, 0.1) is 10.1 Å². The second kappa shape index (κ2) is 7.21. The Morgan fingerprint density at radius 1 is 1.39 bits per heavy atom. The minimum absolute atomic E-state index is 0.0250. The third-order valence-electron chi connectivity index (χ3n) is 3.25. The van der Waals surface area contributed by atoms with Crippen LogP contribution < -0.4 is 10.5 Å². The van der Waals surface area contributed by atoms with Gasteiger partial charge in [-0.3, -0.25) is 14.9 Å². The highest BCUT2D eigenvalue weighted by molar-refractivity contribution is 6.33. The molecule has 1 aromatic heterocycles. The van der Waals surface area contributed by atoms with E-state index < -0.39 is 10.5 Å². The van der Waals surface area contributed by atoms with Gasteiger partial charge in [0.25, 0.3) is 11.2 Å². The molecule has 0 atom stereocenters. The number of ether oxygens (including phenoxy) is 1. The first-order valence-corrected chi connectivity index (χ1v) is 7.06. The second-order valence-corrected chi connectivity index (χ2v) is 5.13. The summed E-state index contributed by atoms with van der Waals surface area (Å²) in [6.07, 6.45) is 1.47. The molecule has 0 aliphatic rings. The largest absolute Gasteiger partial charge is 0.383 e. The highest BCUT2D eigenvalue weighted by atomic mass is 35.5. The van der Waals surface area contributed by atoms with Gasteiger partial charge in [-0.05, 0) is 12.1 Å². The number of hydrogen-bond acceptors (Lipinski definition) is 6. The normalized spacial score (nSPS) is 10.6. The minimum Gasteiger partial charge on any atom is -0.383 e. The van der Waals surface area contributed by atoms with Gasteiger partial charge >= 0.3 is 0 Å². The summed E-state index contributed by atoms with van der Waals surface area (Å²) in [6, 6.07) is 5.49. The van der Waals surface area contributed by atoms with E-state index >= 15 is 0 Å². The number of likely N-dealkylation sites (N-methyl/N-ethyl adjacent to an activating group) is 1. The van der Waals surface area contributed by atoms with Crippen LogP contribution in [0.1, 0.15) is 0 Å². The highest BCUT2D eigenvalue weighted by Crippen LogP contribution is 2.21. The average molecular weight is 339 g/mol. The SMILES string of the molecule is COCCN(C)c1cnn(-c2ccc([N+](=O)[O-])cc2)c(=O)c1Cl. The Kier molecular flexibility index (Phi) is 5.30. The van der Waals surface area contributed by atoms with Crippen LogP contribution in [-0.4, -0.2) is 42.0 Å². The monoisotopic (exact) mass is 338 g/mol. The molecule has 0 saturated carbocycles. The van der Waals surface area contributed by atoms with Crippen LogP contribution in [0.15, 0.2) is 35.3 Å². The van der Waals surface area contributed by atoms with Crippen molar-refractivity contribution in [2.45, 2.75) is 0 Å². The van der Waals surface area contributed by atoms with Crippen molar-refractivity contribution in [3.8, 4) is 5.69 Å². The van der Waals surface area contributed by atoms with Gasteiger partial charge in [0, 0.05) is 32.8 Å². The number of non-ortho nitro benzene ring substituents is 1. The second-order valence-electron chi connectivity index (χ2n) is 4.75. The van der Waals surface area contributed by atoms with Gasteiger partial charge in [0.15, 0.2) is 0 Å². The summed E-state index contributed by atoms with van der Waals surface area (Å²) in [5.74, 6) is 0. The first-order chi connectivity index (χ1) is 11.0. The number of nitro groups is 1. The molecular formula is C14H15ClN4O4. The molecule has 0 fully saturated rings. The van der Waals surface area contributed by atoms with Crippen LogP contribution in [0.5, 0.6) is 0 Å². The molecule has 0 N–H and O–H groups in total. The Morgan fingerprint density at radius 2 is 2.04 bits per heavy atom. The fraction of sp³-hybridized carbons (Fsp3) is 0.286. The molecule has 0 amide bonds. The minimum atomic E-state index is -0.513. The Balaban J connectivity index is 2.36. The average Bonchev–Trinajstić information content (AvgIpc) is 2.55. The summed E-state index contributed by atoms with van der Waals surface area (Å²) in [5, 5.41) is 14.8. The molecule has 0 unspecified atom stereocenters. The Hall–Kier alpha value is -2.45. The quantitative estimate of drug-likeness (QED) is 0.590. The highest BCUT2D eigenvalue weighted by Gasteiger charge is 2.14. The molecule has 0 aliphatic carbocycles. The zero-order valence-electron chi connectivity index (χ0n) is 12.6. The molecule has 0 radical (unpaired) electrons. The molecule has 8 nitrogen and oxygen atoms in total. The van der Waals surface area contributed by atoms with E-state index in [-0.39, 0.29) is 10.7 Å². The van der Waals surface area contributed by atoms with Crippen LogP contribution in [-0.2, 0) is 4.74 Å². The molecule has 0 aliphatic heterocycles. The maximum Gasteiger partial charge on any atom is 0.292 e. The van der Waals surface area contributed by atoms with E-state index in [1.165, 1.54) is 30.5 Å². The first kappa shape index (κ1) is 16.9. The number of benzene rings is 1. The van der Waals surface area contributed by atoms with Crippen LogP contribution >= 0.6 is 11.6 Å². The van der Waals surface area contributed by atoms with Gasteiger partial charge in [-0.1, -0.05) is 11.6 Å². The van der Waals surface area contributed by atoms with Crippen molar-refractivity contribution < 1.29 is 9.66 Å². The molecule has 2 aromatic rings. The summed E-state index contributed by atoms with van der Waals surface area (Å²) < 4.78 is 6.08. The van der Waals surface area contributed by atoms with Gasteiger partial charge < -0.3 is 9.64 Å². The van der Waals surface area contributed by atoms with Crippen LogP contribution in [0.3, 0.4) is 0 Å². The van der Waals surface area contributed by atoms with Crippen molar-refractivity contribution in [1.82, 2.24) is 9.78 Å². The third kappa shape index (κ3) is 3.66. The number of methoxy groups -OCH3 is 1. The number of hydrogen-bond donors (Lipinski definition) is 0. The molecule has 0 spiro atoms. The summed E-state index contributed by atoms with van der Waals surface area (Å²) >= 11 is 6.14. The predicted octanol–water partition coefficient (Wildman–Crippen LogP) is 1.88. The van der Waals surface area contributed by atoms with Crippen molar-refractivity contribution in [3.05, 3.63) is 56.0 Å². The number of nitrogens with zero attached hydrogens (tertiary/aromatic N) is 4. The van der Waals surface area contributed by atoms with Crippen molar-refractivity contribution >= 4 is 23.0 Å². The van der Waals surface area contributed by atoms with Gasteiger partial charge in [0.2, 0.25) is 0 Å². The van der Waals surface area contributed by atoms with E-state index in [1.54, 1.807) is 19.1 Å². The number of anilines is 1. The lowest BCUT2D eigenvalue weighted by atomic mass is 10.3. The van der Waals surface area contributed by atoms with E-state index in [0.717, 1.165) is 4.68 Å². The van der Waals surface area contributed by atoms with E-state index in [4.69, 9.17) is 16.3 Å². The molecule has 2 rings (SSSR count). The zero-order valence-corrected chi connectivity index (χ0v) is 13.4.